The number of amides is 2. The Balaban J connectivity index is 1.48. The second-order valence-corrected chi connectivity index (χ2v) is 9.86. The SMILES string of the molecule is C[C@@]1(C(=O)NC2CCCCC2)Cn2c(nc3ccccc32)C(=O)N1CCc1ccc(Cl)cc1. The molecule has 1 aromatic heterocycles. The Morgan fingerprint density at radius 3 is 2.61 bits per heavy atom. The van der Waals surface area contributed by atoms with Gasteiger partial charge in [0, 0.05) is 17.6 Å². The number of fused-ring (bicyclic) bond motifs is 3. The van der Waals surface area contributed by atoms with Crippen molar-refractivity contribution in [2.75, 3.05) is 6.54 Å². The standard InChI is InChI=1S/C26H29ClN4O2/c1-26(25(33)28-20-7-3-2-4-8-20)17-30-22-10-6-5-9-21(22)29-23(30)24(32)31(26)16-15-18-11-13-19(27)14-12-18/h5-6,9-14,20H,2-4,7-8,15-17H2,1H3,(H,28,33)/t26-/m0/s1. The lowest BCUT2D eigenvalue weighted by Gasteiger charge is -2.44. The topological polar surface area (TPSA) is 67.2 Å². The summed E-state index contributed by atoms with van der Waals surface area (Å²) in [5, 5.41) is 3.95. The molecule has 2 amide bonds. The van der Waals surface area contributed by atoms with Crippen molar-refractivity contribution in [1.29, 1.82) is 0 Å². The Kier molecular flexibility index (Phi) is 5.87. The van der Waals surface area contributed by atoms with Crippen LogP contribution >= 0.6 is 11.6 Å². The van der Waals surface area contributed by atoms with E-state index in [4.69, 9.17) is 11.6 Å². The highest BCUT2D eigenvalue weighted by molar-refractivity contribution is 6.30. The van der Waals surface area contributed by atoms with Gasteiger partial charge in [0.1, 0.15) is 5.54 Å². The molecule has 33 heavy (non-hydrogen) atoms. The van der Waals surface area contributed by atoms with E-state index in [-0.39, 0.29) is 17.9 Å². The zero-order valence-corrected chi connectivity index (χ0v) is 19.6. The van der Waals surface area contributed by atoms with Crippen LogP contribution in [0.4, 0.5) is 0 Å². The smallest absolute Gasteiger partial charge is 0.290 e. The zero-order valence-electron chi connectivity index (χ0n) is 18.9. The normalized spacial score (nSPS) is 21.3. The summed E-state index contributed by atoms with van der Waals surface area (Å²) in [6.07, 6.45) is 6.13. The lowest BCUT2D eigenvalue weighted by Crippen LogP contribution is -2.65. The third-order valence-corrected chi connectivity index (χ3v) is 7.37. The maximum absolute atomic E-state index is 13.7. The summed E-state index contributed by atoms with van der Waals surface area (Å²) in [6.45, 7) is 2.70. The highest BCUT2D eigenvalue weighted by Gasteiger charge is 2.48. The van der Waals surface area contributed by atoms with Crippen molar-refractivity contribution in [2.45, 2.75) is 63.6 Å². The van der Waals surface area contributed by atoms with Crippen molar-refractivity contribution in [3.63, 3.8) is 0 Å². The maximum atomic E-state index is 13.7. The fourth-order valence-corrected chi connectivity index (χ4v) is 5.29. The number of nitrogens with one attached hydrogen (secondary N) is 1. The van der Waals surface area contributed by atoms with Gasteiger partial charge in [0.25, 0.3) is 5.91 Å². The zero-order chi connectivity index (χ0) is 23.0. The molecule has 0 saturated heterocycles. The number of imidazole rings is 1. The number of nitrogens with zero attached hydrogens (tertiary/aromatic N) is 3. The Bertz CT molecular complexity index is 1180. The van der Waals surface area contributed by atoms with Crippen LogP contribution < -0.4 is 5.32 Å². The molecule has 1 atom stereocenters. The molecule has 1 aliphatic carbocycles. The van der Waals surface area contributed by atoms with Gasteiger partial charge in [0.05, 0.1) is 17.6 Å². The first-order valence-corrected chi connectivity index (χ1v) is 12.2. The summed E-state index contributed by atoms with van der Waals surface area (Å²) < 4.78 is 1.91. The lowest BCUT2D eigenvalue weighted by molar-refractivity contribution is -0.133. The first kappa shape index (κ1) is 22.0. The van der Waals surface area contributed by atoms with Crippen LogP contribution in [0.15, 0.2) is 48.5 Å². The predicted octanol–water partition coefficient (Wildman–Crippen LogP) is 4.60. The van der Waals surface area contributed by atoms with Crippen LogP contribution in [-0.2, 0) is 17.8 Å². The molecule has 2 aromatic carbocycles. The molecular weight excluding hydrogens is 436 g/mol. The molecule has 2 heterocycles. The van der Waals surface area contributed by atoms with Crippen molar-refractivity contribution in [3.8, 4) is 0 Å². The molecule has 172 valence electrons. The average molecular weight is 465 g/mol. The monoisotopic (exact) mass is 464 g/mol. The molecule has 1 fully saturated rings. The summed E-state index contributed by atoms with van der Waals surface area (Å²) in [7, 11) is 0. The molecule has 0 spiro atoms. The lowest BCUT2D eigenvalue weighted by atomic mass is 9.91. The van der Waals surface area contributed by atoms with Gasteiger partial charge in [-0.05, 0) is 56.0 Å². The number of para-hydroxylation sites is 2. The van der Waals surface area contributed by atoms with Gasteiger partial charge in [-0.3, -0.25) is 9.59 Å². The van der Waals surface area contributed by atoms with Crippen LogP contribution in [0.25, 0.3) is 11.0 Å². The summed E-state index contributed by atoms with van der Waals surface area (Å²) in [5.41, 5.74) is 1.73. The minimum Gasteiger partial charge on any atom is -0.351 e. The van der Waals surface area contributed by atoms with E-state index in [2.05, 4.69) is 10.3 Å². The maximum Gasteiger partial charge on any atom is 0.290 e. The van der Waals surface area contributed by atoms with Crippen LogP contribution in [0.5, 0.6) is 0 Å². The molecule has 0 radical (unpaired) electrons. The van der Waals surface area contributed by atoms with Gasteiger partial charge in [0.2, 0.25) is 5.91 Å². The van der Waals surface area contributed by atoms with Crippen LogP contribution in [0.2, 0.25) is 5.02 Å². The quantitative estimate of drug-likeness (QED) is 0.600. The minimum absolute atomic E-state index is 0.0812. The highest BCUT2D eigenvalue weighted by Crippen LogP contribution is 2.31. The Labute approximate surface area is 198 Å². The van der Waals surface area contributed by atoms with Crippen molar-refractivity contribution in [1.82, 2.24) is 19.8 Å². The van der Waals surface area contributed by atoms with Crippen LogP contribution in [0.3, 0.4) is 0 Å². The van der Waals surface area contributed by atoms with E-state index in [9.17, 15) is 9.59 Å². The summed E-state index contributed by atoms with van der Waals surface area (Å²) in [4.78, 5) is 33.8. The molecule has 1 saturated carbocycles. The molecule has 2 aliphatic rings. The Morgan fingerprint density at radius 1 is 1.12 bits per heavy atom. The van der Waals surface area contributed by atoms with Crippen molar-refractivity contribution in [2.24, 2.45) is 0 Å². The van der Waals surface area contributed by atoms with Gasteiger partial charge in [-0.2, -0.15) is 0 Å². The van der Waals surface area contributed by atoms with E-state index in [0.717, 1.165) is 42.3 Å². The minimum atomic E-state index is -1.00. The van der Waals surface area contributed by atoms with Gasteiger partial charge in [-0.15, -0.1) is 0 Å². The van der Waals surface area contributed by atoms with E-state index >= 15 is 0 Å². The largest absolute Gasteiger partial charge is 0.351 e. The third kappa shape index (κ3) is 4.12. The molecule has 1 N–H and O–H groups in total. The Morgan fingerprint density at radius 2 is 1.85 bits per heavy atom. The van der Waals surface area contributed by atoms with E-state index in [1.165, 1.54) is 6.42 Å². The molecule has 1 aliphatic heterocycles. The van der Waals surface area contributed by atoms with Gasteiger partial charge in [0.15, 0.2) is 5.82 Å². The number of carbonyl (C=O) groups excluding carboxylic acids is 2. The van der Waals surface area contributed by atoms with E-state index in [1.807, 2.05) is 60.0 Å². The van der Waals surface area contributed by atoms with E-state index in [1.54, 1.807) is 4.90 Å². The summed E-state index contributed by atoms with van der Waals surface area (Å²) >= 11 is 6.03. The molecule has 5 rings (SSSR count). The second-order valence-electron chi connectivity index (χ2n) is 9.43. The van der Waals surface area contributed by atoms with E-state index in [0.29, 0.717) is 30.4 Å². The first-order valence-electron chi connectivity index (χ1n) is 11.8. The first-order chi connectivity index (χ1) is 16.0. The summed E-state index contributed by atoms with van der Waals surface area (Å²) in [5.74, 6) is 0.116. The Hall–Kier alpha value is -2.86. The van der Waals surface area contributed by atoms with Gasteiger partial charge in [-0.25, -0.2) is 4.98 Å². The number of benzene rings is 2. The number of halogens is 1. The fraction of sp³-hybridized carbons (Fsp3) is 0.423. The van der Waals surface area contributed by atoms with Crippen molar-refractivity contribution in [3.05, 3.63) is 64.9 Å². The number of hydrogen-bond donors (Lipinski definition) is 1. The molecule has 3 aromatic rings. The van der Waals surface area contributed by atoms with Crippen molar-refractivity contribution >= 4 is 34.4 Å². The van der Waals surface area contributed by atoms with Crippen LogP contribution in [0, 0.1) is 0 Å². The third-order valence-electron chi connectivity index (χ3n) is 7.12. The average Bonchev–Trinajstić information content (AvgIpc) is 3.19. The number of rotatable bonds is 5. The van der Waals surface area contributed by atoms with Crippen LogP contribution in [0.1, 0.15) is 55.2 Å². The summed E-state index contributed by atoms with van der Waals surface area (Å²) in [6, 6.07) is 15.5. The second kappa shape index (κ2) is 8.82. The van der Waals surface area contributed by atoms with Crippen LogP contribution in [-0.4, -0.2) is 44.4 Å². The highest BCUT2D eigenvalue weighted by atomic mass is 35.5. The molecule has 0 bridgehead atoms. The number of hydrogen-bond acceptors (Lipinski definition) is 3. The molecule has 6 nitrogen and oxygen atoms in total. The van der Waals surface area contributed by atoms with Gasteiger partial charge < -0.3 is 14.8 Å². The van der Waals surface area contributed by atoms with Crippen molar-refractivity contribution < 1.29 is 9.59 Å². The fourth-order valence-electron chi connectivity index (χ4n) is 5.16. The molecule has 0 unspecified atom stereocenters. The molecule has 7 heteroatoms. The number of aromatic nitrogens is 2. The predicted molar refractivity (Wildman–Crippen MR) is 129 cm³/mol. The molecular formula is C26H29ClN4O2. The van der Waals surface area contributed by atoms with Gasteiger partial charge >= 0.3 is 0 Å². The number of carbonyl (C=O) groups is 2. The van der Waals surface area contributed by atoms with E-state index < -0.39 is 5.54 Å². The van der Waals surface area contributed by atoms with Gasteiger partial charge in [-0.1, -0.05) is 55.1 Å².